The van der Waals surface area contributed by atoms with Crippen molar-refractivity contribution in [3.63, 3.8) is 0 Å². The molecule has 2 aromatic rings. The van der Waals surface area contributed by atoms with Gasteiger partial charge in [0, 0.05) is 4.47 Å². The van der Waals surface area contributed by atoms with Gasteiger partial charge in [0.2, 0.25) is 5.91 Å². The predicted molar refractivity (Wildman–Crippen MR) is 99.3 cm³/mol. The first-order valence-electron chi connectivity index (χ1n) is 8.62. The van der Waals surface area contributed by atoms with Crippen LogP contribution in [0.1, 0.15) is 43.7 Å². The molecule has 24 heavy (non-hydrogen) atoms. The number of halogens is 1. The number of benzene rings is 2. The van der Waals surface area contributed by atoms with Crippen molar-refractivity contribution in [1.82, 2.24) is 5.01 Å². The second-order valence-electron chi connectivity index (χ2n) is 6.82. The van der Waals surface area contributed by atoms with Gasteiger partial charge in [0.1, 0.15) is 0 Å². The van der Waals surface area contributed by atoms with E-state index in [-0.39, 0.29) is 17.4 Å². The molecule has 0 radical (unpaired) electrons. The number of carbonyl (C=O) groups excluding carboxylic acids is 1. The summed E-state index contributed by atoms with van der Waals surface area (Å²) in [4.78, 5) is 13.0. The summed E-state index contributed by atoms with van der Waals surface area (Å²) in [5.74, 6) is 0.249. The van der Waals surface area contributed by atoms with Crippen molar-refractivity contribution in [2.24, 2.45) is 5.41 Å². The van der Waals surface area contributed by atoms with Gasteiger partial charge in [-0.2, -0.15) is 0 Å². The number of rotatable bonds is 3. The highest BCUT2D eigenvalue weighted by Crippen LogP contribution is 2.57. The summed E-state index contributed by atoms with van der Waals surface area (Å²) in [6.07, 6.45) is 5.54. The molecule has 1 amide bonds. The van der Waals surface area contributed by atoms with Gasteiger partial charge >= 0.3 is 0 Å². The second kappa shape index (κ2) is 6.25. The molecule has 2 aliphatic rings. The highest BCUT2D eigenvalue weighted by Gasteiger charge is 2.61. The second-order valence-corrected chi connectivity index (χ2v) is 7.74. The molecule has 1 aliphatic heterocycles. The highest BCUT2D eigenvalue weighted by molar-refractivity contribution is 9.10. The molecule has 2 aromatic carbocycles. The van der Waals surface area contributed by atoms with Crippen molar-refractivity contribution >= 4 is 27.5 Å². The van der Waals surface area contributed by atoms with Crippen LogP contribution in [0, 0.1) is 5.41 Å². The third-order valence-electron chi connectivity index (χ3n) is 5.38. The Hall–Kier alpha value is -1.81. The third kappa shape index (κ3) is 2.53. The lowest BCUT2D eigenvalue weighted by Crippen LogP contribution is -2.65. The average Bonchev–Trinajstić information content (AvgIpc) is 2.64. The molecule has 1 atom stereocenters. The summed E-state index contributed by atoms with van der Waals surface area (Å²) in [5, 5.41) is 1.84. The standard InChI is InChI=1S/C20H21BrN2O/c21-16-11-9-15(10-12-16)18-20(13-5-2-6-14-20)19(24)23(18)22-17-7-3-1-4-8-17/h1,3-4,7-12,18,22H,2,5-6,13-14H2/t18-/m1/s1. The summed E-state index contributed by atoms with van der Waals surface area (Å²) >= 11 is 3.51. The maximum Gasteiger partial charge on any atom is 0.250 e. The fourth-order valence-corrected chi connectivity index (χ4v) is 4.47. The smallest absolute Gasteiger partial charge is 0.250 e. The van der Waals surface area contributed by atoms with Crippen LogP contribution in [-0.2, 0) is 4.79 Å². The number of hydrazine groups is 1. The summed E-state index contributed by atoms with van der Waals surface area (Å²) in [6, 6.07) is 18.5. The zero-order valence-electron chi connectivity index (χ0n) is 13.5. The molecule has 0 aromatic heterocycles. The van der Waals surface area contributed by atoms with Gasteiger partial charge in [-0.25, -0.2) is 5.01 Å². The fraction of sp³-hybridized carbons (Fsp3) is 0.350. The van der Waals surface area contributed by atoms with E-state index in [0.717, 1.165) is 35.8 Å². The minimum atomic E-state index is -0.214. The van der Waals surface area contributed by atoms with Crippen molar-refractivity contribution < 1.29 is 4.79 Å². The maximum absolute atomic E-state index is 13.0. The van der Waals surface area contributed by atoms with E-state index in [1.807, 2.05) is 35.3 Å². The van der Waals surface area contributed by atoms with Gasteiger partial charge in [0.25, 0.3) is 0 Å². The first-order valence-corrected chi connectivity index (χ1v) is 9.41. The molecular weight excluding hydrogens is 364 g/mol. The third-order valence-corrected chi connectivity index (χ3v) is 5.91. The molecular formula is C20H21BrN2O. The van der Waals surface area contributed by atoms with Crippen molar-refractivity contribution in [2.45, 2.75) is 38.1 Å². The Bertz CT molecular complexity index is 723. The molecule has 3 nitrogen and oxygen atoms in total. The fourth-order valence-electron chi connectivity index (χ4n) is 4.21. The summed E-state index contributed by atoms with van der Waals surface area (Å²) in [7, 11) is 0. The molecule has 1 saturated heterocycles. The molecule has 2 fully saturated rings. The number of amides is 1. The normalized spacial score (nSPS) is 22.3. The van der Waals surface area contributed by atoms with E-state index in [4.69, 9.17) is 0 Å². The predicted octanol–water partition coefficient (Wildman–Crippen LogP) is 5.31. The van der Waals surface area contributed by atoms with Gasteiger partial charge in [-0.3, -0.25) is 10.2 Å². The van der Waals surface area contributed by atoms with E-state index in [0.29, 0.717) is 0 Å². The largest absolute Gasteiger partial charge is 0.295 e. The Kier molecular flexibility index (Phi) is 4.09. The molecule has 1 spiro atoms. The molecule has 1 aliphatic carbocycles. The number of hydrogen-bond donors (Lipinski definition) is 1. The monoisotopic (exact) mass is 384 g/mol. The van der Waals surface area contributed by atoms with Crippen LogP contribution in [0.2, 0.25) is 0 Å². The zero-order chi connectivity index (χ0) is 16.6. The van der Waals surface area contributed by atoms with Crippen molar-refractivity contribution in [3.8, 4) is 0 Å². The van der Waals surface area contributed by atoms with Gasteiger partial charge in [-0.05, 0) is 42.7 Å². The number of β-lactam (4-membered cyclic amide) rings is 1. The Morgan fingerprint density at radius 3 is 2.29 bits per heavy atom. The van der Waals surface area contributed by atoms with Gasteiger partial charge in [0.05, 0.1) is 17.1 Å². The number of nitrogens with one attached hydrogen (secondary N) is 1. The number of carbonyl (C=O) groups is 1. The van der Waals surface area contributed by atoms with Gasteiger partial charge in [-0.15, -0.1) is 0 Å². The highest BCUT2D eigenvalue weighted by atomic mass is 79.9. The zero-order valence-corrected chi connectivity index (χ0v) is 15.1. The lowest BCUT2D eigenvalue weighted by molar-refractivity contribution is -0.174. The van der Waals surface area contributed by atoms with E-state index >= 15 is 0 Å². The van der Waals surface area contributed by atoms with Crippen LogP contribution in [-0.4, -0.2) is 10.9 Å². The molecule has 1 heterocycles. The lowest BCUT2D eigenvalue weighted by Gasteiger charge is -2.57. The Balaban J connectivity index is 1.67. The number of para-hydroxylation sites is 1. The molecule has 4 rings (SSSR count). The molecule has 0 unspecified atom stereocenters. The molecule has 124 valence electrons. The first kappa shape index (κ1) is 15.7. The van der Waals surface area contributed by atoms with Crippen LogP contribution < -0.4 is 5.43 Å². The quantitative estimate of drug-likeness (QED) is 0.727. The van der Waals surface area contributed by atoms with Crippen LogP contribution in [0.4, 0.5) is 5.69 Å². The van der Waals surface area contributed by atoms with Crippen LogP contribution in [0.25, 0.3) is 0 Å². The van der Waals surface area contributed by atoms with E-state index in [2.05, 4.69) is 45.6 Å². The van der Waals surface area contributed by atoms with Gasteiger partial charge in [0.15, 0.2) is 0 Å². The van der Waals surface area contributed by atoms with Crippen LogP contribution in [0.5, 0.6) is 0 Å². The molecule has 0 bridgehead atoms. The maximum atomic E-state index is 13.0. The summed E-state index contributed by atoms with van der Waals surface area (Å²) in [5.41, 5.74) is 5.29. The van der Waals surface area contributed by atoms with Crippen molar-refractivity contribution in [3.05, 3.63) is 64.6 Å². The summed E-state index contributed by atoms with van der Waals surface area (Å²) < 4.78 is 1.07. The first-order chi connectivity index (χ1) is 11.7. The van der Waals surface area contributed by atoms with Gasteiger partial charge < -0.3 is 0 Å². The SMILES string of the molecule is O=C1N(Nc2ccccc2)[C@H](c2ccc(Br)cc2)C12CCCCC2. The van der Waals surface area contributed by atoms with Crippen LogP contribution >= 0.6 is 15.9 Å². The van der Waals surface area contributed by atoms with E-state index in [1.54, 1.807) is 0 Å². The Morgan fingerprint density at radius 1 is 0.958 bits per heavy atom. The van der Waals surface area contributed by atoms with Crippen LogP contribution in [0.15, 0.2) is 59.1 Å². The average molecular weight is 385 g/mol. The Labute approximate surface area is 151 Å². The van der Waals surface area contributed by atoms with Gasteiger partial charge in [-0.1, -0.05) is 65.5 Å². The van der Waals surface area contributed by atoms with Crippen molar-refractivity contribution in [1.29, 1.82) is 0 Å². The van der Waals surface area contributed by atoms with E-state index in [1.165, 1.54) is 12.0 Å². The molecule has 1 N–H and O–H groups in total. The number of hydrogen-bond acceptors (Lipinski definition) is 2. The number of nitrogens with zero attached hydrogens (tertiary/aromatic N) is 1. The van der Waals surface area contributed by atoms with Crippen molar-refractivity contribution in [2.75, 3.05) is 5.43 Å². The topological polar surface area (TPSA) is 32.3 Å². The van der Waals surface area contributed by atoms with E-state index < -0.39 is 0 Å². The molecule has 4 heteroatoms. The minimum absolute atomic E-state index is 0.110. The number of anilines is 1. The molecule has 1 saturated carbocycles. The summed E-state index contributed by atoms with van der Waals surface area (Å²) in [6.45, 7) is 0. The van der Waals surface area contributed by atoms with Crippen LogP contribution in [0.3, 0.4) is 0 Å². The van der Waals surface area contributed by atoms with E-state index in [9.17, 15) is 4.79 Å². The minimum Gasteiger partial charge on any atom is -0.295 e. The Morgan fingerprint density at radius 2 is 1.62 bits per heavy atom. The lowest BCUT2D eigenvalue weighted by atomic mass is 9.61.